The fraction of sp³-hybridized carbons (Fsp3) is 0.300. The zero-order chi connectivity index (χ0) is 13.9. The van der Waals surface area contributed by atoms with Gasteiger partial charge in [-0.1, -0.05) is 0 Å². The van der Waals surface area contributed by atoms with Gasteiger partial charge in [0.15, 0.2) is 11.6 Å². The molecule has 0 aliphatic rings. The van der Waals surface area contributed by atoms with E-state index in [0.717, 1.165) is 12.1 Å². The van der Waals surface area contributed by atoms with E-state index in [1.54, 1.807) is 0 Å². The lowest BCUT2D eigenvalue weighted by Gasteiger charge is -2.15. The molecule has 5 N–H and O–H groups in total. The molecule has 1 aromatic carbocycles. The molecule has 1 aromatic rings. The van der Waals surface area contributed by atoms with Crippen LogP contribution in [0.25, 0.3) is 0 Å². The molecule has 1 rings (SSSR count). The van der Waals surface area contributed by atoms with Gasteiger partial charge in [0.1, 0.15) is 6.04 Å². The second-order valence-electron chi connectivity index (χ2n) is 3.52. The van der Waals surface area contributed by atoms with Gasteiger partial charge in [0.05, 0.1) is 11.4 Å². The minimum Gasteiger partial charge on any atom is -0.432 e. The van der Waals surface area contributed by atoms with Crippen molar-refractivity contribution in [2.45, 2.75) is 19.6 Å². The van der Waals surface area contributed by atoms with Gasteiger partial charge in [-0.05, 0) is 6.92 Å². The molecule has 100 valence electrons. The summed E-state index contributed by atoms with van der Waals surface area (Å²) in [4.78, 5) is 10.8. The summed E-state index contributed by atoms with van der Waals surface area (Å²) in [6.07, 6.45) is 0. The van der Waals surface area contributed by atoms with E-state index in [-0.39, 0.29) is 11.4 Å². The Hall–Kier alpha value is -2.12. The van der Waals surface area contributed by atoms with Crippen molar-refractivity contribution < 1.29 is 22.7 Å². The maximum absolute atomic E-state index is 13.2. The number of carbonyl (C=O) groups is 1. The van der Waals surface area contributed by atoms with E-state index < -0.39 is 30.1 Å². The van der Waals surface area contributed by atoms with Crippen LogP contribution in [0.5, 0.6) is 5.75 Å². The lowest BCUT2D eigenvalue weighted by Crippen LogP contribution is -2.32. The standard InChI is InChI=1S/C10H12F3N3O2/c1-4(9(15)17)16-7-3-8(18-10(12)13)5(11)2-6(7)14/h2-4,10,16H,14H2,1H3,(H2,15,17). The minimum absolute atomic E-state index is 0.0535. The quantitative estimate of drug-likeness (QED) is 0.698. The van der Waals surface area contributed by atoms with Crippen LogP contribution < -0.4 is 21.5 Å². The van der Waals surface area contributed by atoms with Gasteiger partial charge >= 0.3 is 6.61 Å². The van der Waals surface area contributed by atoms with Crippen LogP contribution in [-0.4, -0.2) is 18.6 Å². The topological polar surface area (TPSA) is 90.4 Å². The average molecular weight is 263 g/mol. The minimum atomic E-state index is -3.16. The van der Waals surface area contributed by atoms with Gasteiger partial charge in [0.2, 0.25) is 5.91 Å². The fourth-order valence-corrected chi connectivity index (χ4v) is 1.18. The summed E-state index contributed by atoms with van der Waals surface area (Å²) in [6.45, 7) is -1.72. The summed E-state index contributed by atoms with van der Waals surface area (Å²) >= 11 is 0. The second kappa shape index (κ2) is 5.48. The van der Waals surface area contributed by atoms with Gasteiger partial charge in [0.25, 0.3) is 0 Å². The van der Waals surface area contributed by atoms with E-state index in [1.165, 1.54) is 6.92 Å². The van der Waals surface area contributed by atoms with E-state index in [2.05, 4.69) is 10.1 Å². The molecule has 0 saturated heterocycles. The first-order valence-electron chi connectivity index (χ1n) is 4.91. The predicted octanol–water partition coefficient (Wildman–Crippen LogP) is 1.29. The summed E-state index contributed by atoms with van der Waals surface area (Å²) in [5, 5.41) is 2.56. The summed E-state index contributed by atoms with van der Waals surface area (Å²) < 4.78 is 41.2. The first-order valence-corrected chi connectivity index (χ1v) is 4.91. The summed E-state index contributed by atoms with van der Waals surface area (Å²) in [5.74, 6) is -2.36. The molecule has 0 fully saturated rings. The number of ether oxygens (including phenoxy) is 1. The van der Waals surface area contributed by atoms with E-state index in [4.69, 9.17) is 11.5 Å². The molecular formula is C10H12F3N3O2. The number of benzene rings is 1. The normalized spacial score (nSPS) is 12.3. The Morgan fingerprint density at radius 3 is 2.56 bits per heavy atom. The zero-order valence-corrected chi connectivity index (χ0v) is 9.41. The van der Waals surface area contributed by atoms with Crippen molar-refractivity contribution in [1.82, 2.24) is 0 Å². The van der Waals surface area contributed by atoms with Crippen molar-refractivity contribution >= 4 is 17.3 Å². The smallest absolute Gasteiger partial charge is 0.387 e. The van der Waals surface area contributed by atoms with Crippen LogP contribution in [0.2, 0.25) is 0 Å². The van der Waals surface area contributed by atoms with Gasteiger partial charge in [-0.25, -0.2) is 4.39 Å². The predicted molar refractivity (Wildman–Crippen MR) is 59.7 cm³/mol. The van der Waals surface area contributed by atoms with Gasteiger partial charge in [-0.15, -0.1) is 0 Å². The molecule has 5 nitrogen and oxygen atoms in total. The largest absolute Gasteiger partial charge is 0.432 e. The third-order valence-corrected chi connectivity index (χ3v) is 2.12. The number of carbonyl (C=O) groups excluding carboxylic acids is 1. The summed E-state index contributed by atoms with van der Waals surface area (Å²) in [7, 11) is 0. The Kier molecular flexibility index (Phi) is 4.24. The molecule has 0 aliphatic carbocycles. The van der Waals surface area contributed by atoms with Crippen molar-refractivity contribution in [1.29, 1.82) is 0 Å². The van der Waals surface area contributed by atoms with E-state index >= 15 is 0 Å². The van der Waals surface area contributed by atoms with Crippen molar-refractivity contribution in [3.05, 3.63) is 17.9 Å². The molecule has 8 heteroatoms. The Morgan fingerprint density at radius 1 is 1.44 bits per heavy atom. The van der Waals surface area contributed by atoms with E-state index in [1.807, 2.05) is 0 Å². The maximum atomic E-state index is 13.2. The van der Waals surface area contributed by atoms with Crippen molar-refractivity contribution in [3.63, 3.8) is 0 Å². The lowest BCUT2D eigenvalue weighted by molar-refractivity contribution is -0.118. The molecule has 1 unspecified atom stereocenters. The van der Waals surface area contributed by atoms with Crippen molar-refractivity contribution in [2.75, 3.05) is 11.1 Å². The summed E-state index contributed by atoms with van der Waals surface area (Å²) in [5.41, 5.74) is 10.5. The number of rotatable bonds is 5. The Morgan fingerprint density at radius 2 is 2.06 bits per heavy atom. The number of nitrogen functional groups attached to an aromatic ring is 1. The third-order valence-electron chi connectivity index (χ3n) is 2.12. The molecule has 0 aromatic heterocycles. The number of amides is 1. The van der Waals surface area contributed by atoms with Gasteiger partial charge in [0, 0.05) is 12.1 Å². The van der Waals surface area contributed by atoms with Crippen molar-refractivity contribution in [2.24, 2.45) is 5.73 Å². The first kappa shape index (κ1) is 13.9. The number of halogens is 3. The highest BCUT2D eigenvalue weighted by Gasteiger charge is 2.16. The zero-order valence-electron chi connectivity index (χ0n) is 9.41. The highest BCUT2D eigenvalue weighted by molar-refractivity contribution is 5.84. The Bertz CT molecular complexity index is 454. The lowest BCUT2D eigenvalue weighted by atomic mass is 10.2. The van der Waals surface area contributed by atoms with Gasteiger partial charge < -0.3 is 21.5 Å². The summed E-state index contributed by atoms with van der Waals surface area (Å²) in [6, 6.07) is 0.960. The third kappa shape index (κ3) is 3.44. The Labute approximate surface area is 101 Å². The van der Waals surface area contributed by atoms with Crippen LogP contribution in [0.4, 0.5) is 24.5 Å². The molecule has 0 aliphatic heterocycles. The molecule has 1 atom stereocenters. The second-order valence-corrected chi connectivity index (χ2v) is 3.52. The molecular weight excluding hydrogens is 251 g/mol. The number of primary amides is 1. The van der Waals surface area contributed by atoms with Crippen LogP contribution in [0, 0.1) is 5.82 Å². The number of alkyl halides is 2. The molecule has 0 heterocycles. The number of anilines is 2. The molecule has 0 saturated carbocycles. The van der Waals surface area contributed by atoms with Crippen LogP contribution >= 0.6 is 0 Å². The maximum Gasteiger partial charge on any atom is 0.387 e. The van der Waals surface area contributed by atoms with Crippen LogP contribution in [-0.2, 0) is 4.79 Å². The fourth-order valence-electron chi connectivity index (χ4n) is 1.18. The van der Waals surface area contributed by atoms with E-state index in [0.29, 0.717) is 0 Å². The number of nitrogens with one attached hydrogen (secondary N) is 1. The highest BCUT2D eigenvalue weighted by Crippen LogP contribution is 2.29. The van der Waals surface area contributed by atoms with E-state index in [9.17, 15) is 18.0 Å². The number of hydrogen-bond donors (Lipinski definition) is 3. The molecule has 18 heavy (non-hydrogen) atoms. The van der Waals surface area contributed by atoms with Crippen LogP contribution in [0.3, 0.4) is 0 Å². The SMILES string of the molecule is CC(Nc1cc(OC(F)F)c(F)cc1N)C(N)=O. The van der Waals surface area contributed by atoms with Gasteiger partial charge in [-0.3, -0.25) is 4.79 Å². The van der Waals surface area contributed by atoms with Gasteiger partial charge in [-0.2, -0.15) is 8.78 Å². The number of hydrogen-bond acceptors (Lipinski definition) is 4. The molecule has 0 bridgehead atoms. The number of nitrogens with two attached hydrogens (primary N) is 2. The molecule has 0 radical (unpaired) electrons. The highest BCUT2D eigenvalue weighted by atomic mass is 19.3. The van der Waals surface area contributed by atoms with Crippen molar-refractivity contribution in [3.8, 4) is 5.75 Å². The molecule has 1 amide bonds. The average Bonchev–Trinajstić information content (AvgIpc) is 2.24. The Balaban J connectivity index is 3.01. The van der Waals surface area contributed by atoms with Crippen LogP contribution in [0.15, 0.2) is 12.1 Å². The first-order chi connectivity index (χ1) is 8.31. The van der Waals surface area contributed by atoms with Crippen LogP contribution in [0.1, 0.15) is 6.92 Å². The molecule has 0 spiro atoms. The monoisotopic (exact) mass is 263 g/mol.